The molecule has 0 bridgehead atoms. The highest BCUT2D eigenvalue weighted by Gasteiger charge is 2.61. The lowest BCUT2D eigenvalue weighted by atomic mass is 9.65. The average Bonchev–Trinajstić information content (AvgIpc) is 2.62. The topological polar surface area (TPSA) is 50.4 Å². The molecular weight excluding hydrogens is 254 g/mol. The molecule has 19 heavy (non-hydrogen) atoms. The fourth-order valence-corrected chi connectivity index (χ4v) is 2.98. The van der Waals surface area contributed by atoms with Crippen LogP contribution in [-0.2, 0) is 4.74 Å². The molecule has 2 N–H and O–H groups in total. The van der Waals surface area contributed by atoms with Crippen molar-refractivity contribution in [2.75, 3.05) is 13.1 Å². The van der Waals surface area contributed by atoms with Gasteiger partial charge in [-0.15, -0.1) is 0 Å². The van der Waals surface area contributed by atoms with Crippen LogP contribution in [-0.4, -0.2) is 36.2 Å². The van der Waals surface area contributed by atoms with Crippen LogP contribution in [0, 0.1) is 5.92 Å². The zero-order valence-corrected chi connectivity index (χ0v) is 11.7. The number of hydrogen-bond donors (Lipinski definition) is 2. The molecule has 1 unspecified atom stereocenters. The first-order chi connectivity index (χ1) is 8.62. The van der Waals surface area contributed by atoms with E-state index in [1.54, 1.807) is 20.8 Å². The van der Waals surface area contributed by atoms with E-state index in [4.69, 9.17) is 4.74 Å². The molecule has 2 aliphatic rings. The predicted molar refractivity (Wildman–Crippen MR) is 67.3 cm³/mol. The molecule has 0 aromatic heterocycles. The third-order valence-electron chi connectivity index (χ3n) is 3.74. The first-order valence-corrected chi connectivity index (χ1v) is 6.72. The number of rotatable bonds is 2. The summed E-state index contributed by atoms with van der Waals surface area (Å²) in [5, 5.41) is 5.86. The van der Waals surface area contributed by atoms with E-state index < -0.39 is 23.2 Å². The van der Waals surface area contributed by atoms with Crippen LogP contribution in [0.5, 0.6) is 0 Å². The number of alkyl halides is 2. The Hall–Kier alpha value is -0.910. The van der Waals surface area contributed by atoms with Gasteiger partial charge < -0.3 is 15.4 Å². The Labute approximate surface area is 112 Å². The summed E-state index contributed by atoms with van der Waals surface area (Å²) >= 11 is 0. The summed E-state index contributed by atoms with van der Waals surface area (Å²) < 4.78 is 31.7. The van der Waals surface area contributed by atoms with E-state index in [0.717, 1.165) is 13.0 Å². The van der Waals surface area contributed by atoms with Gasteiger partial charge in [0.15, 0.2) is 0 Å². The van der Waals surface area contributed by atoms with Gasteiger partial charge in [0.05, 0.1) is 5.54 Å². The number of carbonyl (C=O) groups is 1. The van der Waals surface area contributed by atoms with Gasteiger partial charge in [-0.3, -0.25) is 0 Å². The van der Waals surface area contributed by atoms with Crippen molar-refractivity contribution < 1.29 is 18.3 Å². The van der Waals surface area contributed by atoms with Gasteiger partial charge in [0, 0.05) is 19.4 Å². The molecule has 0 radical (unpaired) electrons. The Bertz CT molecular complexity index is 352. The van der Waals surface area contributed by atoms with Crippen LogP contribution in [0.1, 0.15) is 40.0 Å². The highest BCUT2D eigenvalue weighted by atomic mass is 19.3. The zero-order chi connectivity index (χ0) is 14.3. The summed E-state index contributed by atoms with van der Waals surface area (Å²) in [7, 11) is 0. The number of nitrogens with one attached hydrogen (secondary N) is 2. The van der Waals surface area contributed by atoms with Crippen LogP contribution in [0.15, 0.2) is 0 Å². The average molecular weight is 276 g/mol. The quantitative estimate of drug-likeness (QED) is 0.813. The molecule has 1 saturated heterocycles. The Morgan fingerprint density at radius 3 is 2.42 bits per heavy atom. The maximum absolute atomic E-state index is 13.3. The Balaban J connectivity index is 2.01. The van der Waals surface area contributed by atoms with Gasteiger partial charge in [-0.25, -0.2) is 13.6 Å². The molecule has 2 rings (SSSR count). The molecule has 0 aromatic carbocycles. The van der Waals surface area contributed by atoms with Gasteiger partial charge >= 0.3 is 6.09 Å². The lowest BCUT2D eigenvalue weighted by molar-refractivity contribution is -0.148. The van der Waals surface area contributed by atoms with Crippen molar-refractivity contribution in [3.63, 3.8) is 0 Å². The van der Waals surface area contributed by atoms with Crippen LogP contribution < -0.4 is 10.6 Å². The molecular formula is C13H22F2N2O2. The van der Waals surface area contributed by atoms with Crippen LogP contribution in [0.2, 0.25) is 0 Å². The minimum absolute atomic E-state index is 0.0552. The molecule has 4 nitrogen and oxygen atoms in total. The van der Waals surface area contributed by atoms with E-state index in [1.807, 2.05) is 0 Å². The maximum atomic E-state index is 13.3. The fourth-order valence-electron chi connectivity index (χ4n) is 2.98. The Morgan fingerprint density at radius 1 is 1.37 bits per heavy atom. The number of hydrogen-bond acceptors (Lipinski definition) is 3. The zero-order valence-electron chi connectivity index (χ0n) is 11.7. The van der Waals surface area contributed by atoms with Gasteiger partial charge in [-0.05, 0) is 39.7 Å². The van der Waals surface area contributed by atoms with Crippen molar-refractivity contribution in [2.45, 2.75) is 57.1 Å². The van der Waals surface area contributed by atoms with E-state index in [-0.39, 0.29) is 18.8 Å². The molecule has 6 heteroatoms. The molecule has 0 spiro atoms. The monoisotopic (exact) mass is 276 g/mol. The molecule has 110 valence electrons. The molecule has 1 aliphatic heterocycles. The van der Waals surface area contributed by atoms with Crippen molar-refractivity contribution in [1.82, 2.24) is 10.6 Å². The van der Waals surface area contributed by atoms with Crippen molar-refractivity contribution in [2.24, 2.45) is 5.92 Å². The fraction of sp³-hybridized carbons (Fsp3) is 0.923. The van der Waals surface area contributed by atoms with Crippen LogP contribution in [0.4, 0.5) is 13.6 Å². The van der Waals surface area contributed by atoms with Crippen LogP contribution in [0.25, 0.3) is 0 Å². The summed E-state index contributed by atoms with van der Waals surface area (Å²) in [6, 6.07) is 0. The van der Waals surface area contributed by atoms with E-state index in [1.165, 1.54) is 0 Å². The third kappa shape index (κ3) is 3.35. The van der Waals surface area contributed by atoms with Crippen LogP contribution in [0.3, 0.4) is 0 Å². The van der Waals surface area contributed by atoms with Crippen molar-refractivity contribution >= 4 is 6.09 Å². The van der Waals surface area contributed by atoms with Gasteiger partial charge in [-0.2, -0.15) is 0 Å². The summed E-state index contributed by atoms with van der Waals surface area (Å²) in [6.07, 6.45) is -0.363. The molecule has 1 aliphatic carbocycles. The van der Waals surface area contributed by atoms with Crippen molar-refractivity contribution in [1.29, 1.82) is 0 Å². The van der Waals surface area contributed by atoms with E-state index in [2.05, 4.69) is 10.6 Å². The SMILES string of the molecule is CC(C)(C)OC(=O)NC1(C2CCNC2)CC(F)(F)C1. The lowest BCUT2D eigenvalue weighted by Crippen LogP contribution is -2.66. The van der Waals surface area contributed by atoms with Gasteiger partial charge in [0.2, 0.25) is 0 Å². The number of carbonyl (C=O) groups excluding carboxylic acids is 1. The molecule has 1 heterocycles. The van der Waals surface area contributed by atoms with Gasteiger partial charge in [0.1, 0.15) is 5.60 Å². The van der Waals surface area contributed by atoms with Gasteiger partial charge in [0.25, 0.3) is 5.92 Å². The first-order valence-electron chi connectivity index (χ1n) is 6.72. The Morgan fingerprint density at radius 2 is 2.00 bits per heavy atom. The summed E-state index contributed by atoms with van der Waals surface area (Å²) in [4.78, 5) is 11.8. The lowest BCUT2D eigenvalue weighted by Gasteiger charge is -2.51. The van der Waals surface area contributed by atoms with Crippen molar-refractivity contribution in [3.8, 4) is 0 Å². The van der Waals surface area contributed by atoms with E-state index in [9.17, 15) is 13.6 Å². The molecule has 1 amide bonds. The smallest absolute Gasteiger partial charge is 0.408 e. The normalized spacial score (nSPS) is 28.6. The highest BCUT2D eigenvalue weighted by molar-refractivity contribution is 5.69. The number of halogens is 2. The number of amides is 1. The van der Waals surface area contributed by atoms with E-state index >= 15 is 0 Å². The Kier molecular flexibility index (Phi) is 3.49. The molecule has 2 fully saturated rings. The second-order valence-corrected chi connectivity index (χ2v) is 6.68. The highest BCUT2D eigenvalue weighted by Crippen LogP contribution is 2.50. The summed E-state index contributed by atoms with van der Waals surface area (Å²) in [6.45, 7) is 6.75. The second kappa shape index (κ2) is 4.58. The van der Waals surface area contributed by atoms with E-state index in [0.29, 0.717) is 6.54 Å². The standard InChI is InChI=1S/C13H22F2N2O2/c1-11(2,3)19-10(18)17-12(7-13(14,15)8-12)9-4-5-16-6-9/h9,16H,4-8H2,1-3H3,(H,17,18). The largest absolute Gasteiger partial charge is 0.444 e. The van der Waals surface area contributed by atoms with Gasteiger partial charge in [-0.1, -0.05) is 0 Å². The molecule has 0 aromatic rings. The minimum atomic E-state index is -2.67. The first kappa shape index (κ1) is 14.5. The molecule has 1 atom stereocenters. The number of ether oxygens (including phenoxy) is 1. The number of alkyl carbamates (subject to hydrolysis) is 1. The summed E-state index contributed by atoms with van der Waals surface area (Å²) in [5.41, 5.74) is -1.43. The summed E-state index contributed by atoms with van der Waals surface area (Å²) in [5.74, 6) is -2.61. The predicted octanol–water partition coefficient (Wildman–Crippen LogP) is 2.29. The second-order valence-electron chi connectivity index (χ2n) is 6.68. The van der Waals surface area contributed by atoms with Crippen LogP contribution >= 0.6 is 0 Å². The third-order valence-corrected chi connectivity index (χ3v) is 3.74. The van der Waals surface area contributed by atoms with Crippen molar-refractivity contribution in [3.05, 3.63) is 0 Å². The maximum Gasteiger partial charge on any atom is 0.408 e. The minimum Gasteiger partial charge on any atom is -0.444 e. The molecule has 1 saturated carbocycles.